The molecule has 2 fully saturated rings. The van der Waals surface area contributed by atoms with E-state index in [1.807, 2.05) is 54.9 Å². The molecular formula is C37H54Cl2N4O4. The summed E-state index contributed by atoms with van der Waals surface area (Å²) in [6, 6.07) is 16.0. The summed E-state index contributed by atoms with van der Waals surface area (Å²) in [5, 5.41) is 2.92. The second-order valence-corrected chi connectivity index (χ2v) is 12.5. The van der Waals surface area contributed by atoms with E-state index in [2.05, 4.69) is 37.0 Å². The Balaban J connectivity index is 0.000000255. The number of hydrogen-bond acceptors (Lipinski definition) is 7. The lowest BCUT2D eigenvalue weighted by molar-refractivity contribution is -0.119. The fraction of sp³-hybridized carbons (Fsp3) is 0.514. The number of nitrogens with two attached hydrogens (primary N) is 1. The third kappa shape index (κ3) is 15.7. The number of rotatable bonds is 12. The zero-order valence-electron chi connectivity index (χ0n) is 29.0. The Kier molecular flexibility index (Phi) is 19.4. The normalized spacial score (nSPS) is 15.5. The molecule has 1 aromatic heterocycles. The molecule has 10 heteroatoms. The van der Waals surface area contributed by atoms with Gasteiger partial charge in [0, 0.05) is 45.0 Å². The molecule has 1 aliphatic carbocycles. The van der Waals surface area contributed by atoms with Gasteiger partial charge in [-0.3, -0.25) is 10.6 Å². The summed E-state index contributed by atoms with van der Waals surface area (Å²) >= 11 is 12.1. The van der Waals surface area contributed by atoms with Gasteiger partial charge in [-0.25, -0.2) is 9.99 Å². The molecule has 2 heterocycles. The van der Waals surface area contributed by atoms with E-state index < -0.39 is 0 Å². The highest BCUT2D eigenvalue weighted by atomic mass is 35.5. The minimum absolute atomic E-state index is 0.346. The van der Waals surface area contributed by atoms with Crippen LogP contribution in [-0.4, -0.2) is 67.4 Å². The van der Waals surface area contributed by atoms with Gasteiger partial charge in [0.15, 0.2) is 5.75 Å². The van der Waals surface area contributed by atoms with Gasteiger partial charge < -0.3 is 19.1 Å². The molecule has 0 radical (unpaired) electrons. The number of pyridine rings is 1. The summed E-state index contributed by atoms with van der Waals surface area (Å²) < 4.78 is 16.0. The molecule has 0 bridgehead atoms. The second kappa shape index (κ2) is 22.6. The summed E-state index contributed by atoms with van der Waals surface area (Å²) in [7, 11) is 1.72. The molecule has 2 aromatic carbocycles. The second-order valence-electron chi connectivity index (χ2n) is 11.7. The number of aryl methyl sites for hydroxylation is 2. The molecule has 1 amide bonds. The van der Waals surface area contributed by atoms with Gasteiger partial charge in [-0.1, -0.05) is 68.2 Å². The van der Waals surface area contributed by atoms with Gasteiger partial charge in [0.2, 0.25) is 12.3 Å². The number of carbonyl (C=O) groups is 1. The molecule has 0 spiro atoms. The van der Waals surface area contributed by atoms with E-state index >= 15 is 0 Å². The highest BCUT2D eigenvalue weighted by Crippen LogP contribution is 2.34. The van der Waals surface area contributed by atoms with Gasteiger partial charge in [-0.15, -0.1) is 0 Å². The number of hydrazine groups is 1. The van der Waals surface area contributed by atoms with Crippen LogP contribution >= 0.6 is 23.2 Å². The van der Waals surface area contributed by atoms with Crippen molar-refractivity contribution in [2.75, 3.05) is 40.0 Å². The summed E-state index contributed by atoms with van der Waals surface area (Å²) in [6.45, 7) is 14.6. The zero-order valence-corrected chi connectivity index (χ0v) is 30.5. The summed E-state index contributed by atoms with van der Waals surface area (Å²) in [5.41, 5.74) is 4.78. The van der Waals surface area contributed by atoms with Crippen LogP contribution in [0.4, 0.5) is 0 Å². The minimum Gasteiger partial charge on any atom is -0.487 e. The van der Waals surface area contributed by atoms with Gasteiger partial charge in [0.05, 0.1) is 16.7 Å². The van der Waals surface area contributed by atoms with Crippen molar-refractivity contribution in [3.05, 3.63) is 87.0 Å². The van der Waals surface area contributed by atoms with Gasteiger partial charge >= 0.3 is 0 Å². The monoisotopic (exact) mass is 688 g/mol. The average molecular weight is 690 g/mol. The quantitative estimate of drug-likeness (QED) is 0.117. The van der Waals surface area contributed by atoms with E-state index in [0.717, 1.165) is 63.4 Å². The van der Waals surface area contributed by atoms with Crippen molar-refractivity contribution in [1.82, 2.24) is 14.9 Å². The number of hydrogen-bond donors (Lipinski definition) is 1. The maximum absolute atomic E-state index is 11.1. The van der Waals surface area contributed by atoms with Crippen molar-refractivity contribution in [2.24, 2.45) is 11.8 Å². The average Bonchev–Trinajstić information content (AvgIpc) is 3.91. The van der Waals surface area contributed by atoms with Crippen LogP contribution in [-0.2, 0) is 22.5 Å². The summed E-state index contributed by atoms with van der Waals surface area (Å²) in [4.78, 5) is 17.0. The molecule has 1 unspecified atom stereocenters. The molecule has 1 atom stereocenters. The Morgan fingerprint density at radius 2 is 1.70 bits per heavy atom. The van der Waals surface area contributed by atoms with Crippen LogP contribution in [0, 0.1) is 19.8 Å². The highest BCUT2D eigenvalue weighted by molar-refractivity contribution is 6.37. The Hall–Kier alpha value is -2.88. The fourth-order valence-electron chi connectivity index (χ4n) is 4.90. The molecule has 1 saturated carbocycles. The first-order valence-electron chi connectivity index (χ1n) is 16.6. The third-order valence-electron chi connectivity index (χ3n) is 7.56. The number of carbonyl (C=O) groups excluding carboxylic acids is 1. The standard InChI is InChI=1S/C15H21NO2.C14H13Cl2NO2.C6H14N2.C2H6/c1-12-3-4-13(7-8-18-2)9-14(12)10-16(11-17)15-5-6-15;1-10-8-11(15)14(12(16)9-10)19-7-6-18-13-4-2-3-5-17-13;1-6-3-2-4-8(7)5-6;1-2/h3-4,9,11,15H,5-8,10H2,1-2H3;2-5,8-9H,6-7H2,1H3;6H,2-5,7H2,1H3;1-2H3. The van der Waals surface area contributed by atoms with E-state index in [9.17, 15) is 4.79 Å². The SMILES string of the molecule is CC.CC1CCCN(N)C1.COCCc1ccc(C)c(CN(C=O)C2CC2)c1.Cc1cc(Cl)c(OCCOc2ccccn2)c(Cl)c1. The van der Waals surface area contributed by atoms with Crippen LogP contribution in [0.25, 0.3) is 0 Å². The molecule has 2 aliphatic rings. The van der Waals surface area contributed by atoms with Gasteiger partial charge in [0.1, 0.15) is 13.2 Å². The Bertz CT molecular complexity index is 1280. The van der Waals surface area contributed by atoms with Crippen LogP contribution in [0.2, 0.25) is 10.0 Å². The van der Waals surface area contributed by atoms with Gasteiger partial charge in [0.25, 0.3) is 0 Å². The Morgan fingerprint density at radius 1 is 1.00 bits per heavy atom. The Labute approximate surface area is 292 Å². The summed E-state index contributed by atoms with van der Waals surface area (Å²) in [6.07, 6.45) is 8.52. The van der Waals surface area contributed by atoms with Crippen molar-refractivity contribution in [3.63, 3.8) is 0 Å². The van der Waals surface area contributed by atoms with Crippen LogP contribution < -0.4 is 15.3 Å². The van der Waals surface area contributed by atoms with Crippen molar-refractivity contribution >= 4 is 29.6 Å². The predicted molar refractivity (Wildman–Crippen MR) is 193 cm³/mol. The van der Waals surface area contributed by atoms with E-state index in [1.165, 1.54) is 29.5 Å². The maximum Gasteiger partial charge on any atom is 0.213 e. The smallest absolute Gasteiger partial charge is 0.213 e. The van der Waals surface area contributed by atoms with Gasteiger partial charge in [-0.05, 0) is 92.3 Å². The minimum atomic E-state index is 0.346. The third-order valence-corrected chi connectivity index (χ3v) is 8.12. The number of ether oxygens (including phenoxy) is 3. The van der Waals surface area contributed by atoms with E-state index in [0.29, 0.717) is 40.9 Å². The number of piperidine rings is 1. The topological polar surface area (TPSA) is 90.2 Å². The molecular weight excluding hydrogens is 635 g/mol. The Morgan fingerprint density at radius 3 is 2.26 bits per heavy atom. The van der Waals surface area contributed by atoms with E-state index in [1.54, 1.807) is 19.4 Å². The first kappa shape index (κ1) is 40.3. The molecule has 2 N–H and O–H groups in total. The molecule has 1 saturated heterocycles. The van der Waals surface area contributed by atoms with Crippen LogP contribution in [0.15, 0.2) is 54.7 Å². The largest absolute Gasteiger partial charge is 0.487 e. The summed E-state index contributed by atoms with van der Waals surface area (Å²) in [5.74, 6) is 7.42. The highest BCUT2D eigenvalue weighted by Gasteiger charge is 2.28. The molecule has 260 valence electrons. The lowest BCUT2D eigenvalue weighted by atomic mass is 10.0. The number of amides is 1. The van der Waals surface area contributed by atoms with E-state index in [-0.39, 0.29) is 0 Å². The zero-order chi connectivity index (χ0) is 34.6. The maximum atomic E-state index is 11.1. The molecule has 47 heavy (non-hydrogen) atoms. The fourth-order valence-corrected chi connectivity index (χ4v) is 5.60. The number of nitrogens with zero attached hydrogens (tertiary/aromatic N) is 3. The van der Waals surface area contributed by atoms with E-state index in [4.69, 9.17) is 43.3 Å². The van der Waals surface area contributed by atoms with Crippen molar-refractivity contribution in [3.8, 4) is 11.6 Å². The predicted octanol–water partition coefficient (Wildman–Crippen LogP) is 8.08. The molecule has 3 aromatic rings. The number of benzene rings is 2. The first-order chi connectivity index (χ1) is 22.7. The van der Waals surface area contributed by atoms with Crippen LogP contribution in [0.3, 0.4) is 0 Å². The number of aromatic nitrogens is 1. The molecule has 8 nitrogen and oxygen atoms in total. The number of halogens is 2. The van der Waals surface area contributed by atoms with Gasteiger partial charge in [-0.2, -0.15) is 0 Å². The van der Waals surface area contributed by atoms with Crippen molar-refractivity contribution < 1.29 is 19.0 Å². The lowest BCUT2D eigenvalue weighted by Crippen LogP contribution is -2.39. The van der Waals surface area contributed by atoms with Crippen LogP contribution in [0.1, 0.15) is 68.7 Å². The molecule has 1 aliphatic heterocycles. The number of methoxy groups -OCH3 is 1. The van der Waals surface area contributed by atoms with Crippen molar-refractivity contribution in [2.45, 2.75) is 79.3 Å². The molecule has 5 rings (SSSR count). The first-order valence-corrected chi connectivity index (χ1v) is 17.4. The van der Waals surface area contributed by atoms with Crippen LogP contribution in [0.5, 0.6) is 11.6 Å². The lowest BCUT2D eigenvalue weighted by Gasteiger charge is -2.26. The van der Waals surface area contributed by atoms with Crippen molar-refractivity contribution in [1.29, 1.82) is 0 Å².